The minimum absolute atomic E-state index is 0.218. The molecule has 0 saturated heterocycles. The molecule has 18 heavy (non-hydrogen) atoms. The van der Waals surface area contributed by atoms with Crippen LogP contribution in [0.4, 0.5) is 0 Å². The molecule has 0 unspecified atom stereocenters. The Labute approximate surface area is 109 Å². The average molecular weight is 271 g/mol. The Morgan fingerprint density at radius 1 is 1.17 bits per heavy atom. The molecule has 1 rings (SSSR count). The highest BCUT2D eigenvalue weighted by Gasteiger charge is 2.16. The van der Waals surface area contributed by atoms with Crippen molar-refractivity contribution in [3.05, 3.63) is 29.8 Å². The number of rotatable bonds is 6. The highest BCUT2D eigenvalue weighted by Crippen LogP contribution is 2.13. The van der Waals surface area contributed by atoms with E-state index in [0.29, 0.717) is 5.92 Å². The summed E-state index contributed by atoms with van der Waals surface area (Å²) in [5, 5.41) is 8.86. The first-order valence-corrected chi connectivity index (χ1v) is 7.55. The molecule has 0 aliphatic rings. The summed E-state index contributed by atoms with van der Waals surface area (Å²) in [6.45, 7) is 5.64. The number of aliphatic hydroxyl groups is 1. The van der Waals surface area contributed by atoms with Crippen LogP contribution in [-0.4, -0.2) is 26.2 Å². The van der Waals surface area contributed by atoms with Gasteiger partial charge in [-0.1, -0.05) is 26.0 Å². The van der Waals surface area contributed by atoms with Crippen molar-refractivity contribution < 1.29 is 13.5 Å². The predicted octanol–water partition coefficient (Wildman–Crippen LogP) is 1.54. The molecule has 1 aromatic carbocycles. The molecule has 0 aliphatic heterocycles. The molecule has 0 fully saturated rings. The number of hydrogen-bond donors (Lipinski definition) is 2. The van der Waals surface area contributed by atoms with Gasteiger partial charge in [-0.3, -0.25) is 0 Å². The Morgan fingerprint density at radius 3 is 2.17 bits per heavy atom. The topological polar surface area (TPSA) is 66.4 Å². The summed E-state index contributed by atoms with van der Waals surface area (Å²) in [5.74, 6) is 0.542. The van der Waals surface area contributed by atoms with Crippen molar-refractivity contribution in [2.75, 3.05) is 6.61 Å². The van der Waals surface area contributed by atoms with Gasteiger partial charge in [0.2, 0.25) is 10.0 Å². The van der Waals surface area contributed by atoms with Gasteiger partial charge in [-0.2, -0.15) is 0 Å². The first-order chi connectivity index (χ1) is 8.35. The van der Waals surface area contributed by atoms with Gasteiger partial charge in [0.15, 0.2) is 0 Å². The third kappa shape index (κ3) is 4.40. The van der Waals surface area contributed by atoms with Crippen LogP contribution in [0.2, 0.25) is 0 Å². The molecule has 0 amide bonds. The van der Waals surface area contributed by atoms with Gasteiger partial charge >= 0.3 is 0 Å². The lowest BCUT2D eigenvalue weighted by Gasteiger charge is -2.12. The highest BCUT2D eigenvalue weighted by atomic mass is 32.2. The predicted molar refractivity (Wildman–Crippen MR) is 71.9 cm³/mol. The molecule has 1 atom stereocenters. The summed E-state index contributed by atoms with van der Waals surface area (Å²) < 4.78 is 26.2. The fourth-order valence-corrected chi connectivity index (χ4v) is 2.88. The van der Waals surface area contributed by atoms with Crippen LogP contribution in [0.25, 0.3) is 0 Å². The molecule has 0 aromatic heterocycles. The SMILES string of the molecule is CC(C)Cc1ccc(S(=O)(=O)N[C@H](C)CO)cc1. The zero-order chi connectivity index (χ0) is 13.8. The lowest BCUT2D eigenvalue weighted by molar-refractivity contribution is 0.265. The summed E-state index contributed by atoms with van der Waals surface area (Å²) in [4.78, 5) is 0.232. The third-order valence-corrected chi connectivity index (χ3v) is 4.11. The largest absolute Gasteiger partial charge is 0.395 e. The molecular formula is C13H21NO3S. The highest BCUT2D eigenvalue weighted by molar-refractivity contribution is 7.89. The van der Waals surface area contributed by atoms with Crippen LogP contribution in [0.5, 0.6) is 0 Å². The summed E-state index contributed by atoms with van der Waals surface area (Å²) in [5.41, 5.74) is 1.12. The Bertz CT molecular complexity index is 466. The first-order valence-electron chi connectivity index (χ1n) is 6.07. The number of nitrogens with one attached hydrogen (secondary N) is 1. The fraction of sp³-hybridized carbons (Fsp3) is 0.538. The van der Waals surface area contributed by atoms with Gasteiger partial charge < -0.3 is 5.11 Å². The van der Waals surface area contributed by atoms with Crippen LogP contribution in [0.15, 0.2) is 29.2 Å². The second-order valence-electron chi connectivity index (χ2n) is 4.95. The van der Waals surface area contributed by atoms with E-state index in [-0.39, 0.29) is 11.5 Å². The summed E-state index contributed by atoms with van der Waals surface area (Å²) in [7, 11) is -3.53. The lowest BCUT2D eigenvalue weighted by Crippen LogP contribution is -2.34. The van der Waals surface area contributed by atoms with E-state index in [1.54, 1.807) is 19.1 Å². The van der Waals surface area contributed by atoms with E-state index < -0.39 is 16.1 Å². The first kappa shape index (κ1) is 15.1. The normalized spacial score (nSPS) is 13.8. The molecule has 0 spiro atoms. The maximum atomic E-state index is 11.9. The van der Waals surface area contributed by atoms with Crippen LogP contribution in [0.1, 0.15) is 26.3 Å². The quantitative estimate of drug-likeness (QED) is 0.825. The van der Waals surface area contributed by atoms with Gasteiger partial charge in [-0.15, -0.1) is 0 Å². The molecule has 1 aromatic rings. The maximum Gasteiger partial charge on any atom is 0.240 e. The van der Waals surface area contributed by atoms with Crippen molar-refractivity contribution in [3.8, 4) is 0 Å². The van der Waals surface area contributed by atoms with E-state index in [9.17, 15) is 8.42 Å². The number of aliphatic hydroxyl groups excluding tert-OH is 1. The van der Waals surface area contributed by atoms with Gasteiger partial charge in [0, 0.05) is 6.04 Å². The van der Waals surface area contributed by atoms with Crippen LogP contribution in [0.3, 0.4) is 0 Å². The van der Waals surface area contributed by atoms with Crippen LogP contribution < -0.4 is 4.72 Å². The molecule has 0 saturated carbocycles. The second-order valence-corrected chi connectivity index (χ2v) is 6.66. The van der Waals surface area contributed by atoms with E-state index >= 15 is 0 Å². The zero-order valence-corrected chi connectivity index (χ0v) is 11.9. The third-order valence-electron chi connectivity index (χ3n) is 2.51. The summed E-state index contributed by atoms with van der Waals surface area (Å²) >= 11 is 0. The standard InChI is InChI=1S/C13H21NO3S/c1-10(2)8-12-4-6-13(7-5-12)18(16,17)14-11(3)9-15/h4-7,10-11,14-15H,8-9H2,1-3H3/t11-/m1/s1. The summed E-state index contributed by atoms with van der Waals surface area (Å²) in [6.07, 6.45) is 0.931. The number of sulfonamides is 1. The Kier molecular flexibility index (Phi) is 5.31. The molecule has 0 heterocycles. The van der Waals surface area contributed by atoms with Crippen molar-refractivity contribution in [2.24, 2.45) is 5.92 Å². The van der Waals surface area contributed by atoms with Gasteiger partial charge in [-0.05, 0) is 37.0 Å². The number of hydrogen-bond acceptors (Lipinski definition) is 3. The van der Waals surface area contributed by atoms with Crippen LogP contribution in [0, 0.1) is 5.92 Å². The monoisotopic (exact) mass is 271 g/mol. The van der Waals surface area contributed by atoms with E-state index in [1.165, 1.54) is 0 Å². The van der Waals surface area contributed by atoms with E-state index in [1.807, 2.05) is 12.1 Å². The van der Waals surface area contributed by atoms with Gasteiger partial charge in [0.1, 0.15) is 0 Å². The minimum atomic E-state index is -3.53. The van der Waals surface area contributed by atoms with Crippen molar-refractivity contribution in [1.29, 1.82) is 0 Å². The minimum Gasteiger partial charge on any atom is -0.395 e. The Balaban J connectivity index is 2.84. The Morgan fingerprint density at radius 2 is 1.72 bits per heavy atom. The van der Waals surface area contributed by atoms with Gasteiger partial charge in [-0.25, -0.2) is 13.1 Å². The van der Waals surface area contributed by atoms with E-state index in [0.717, 1.165) is 12.0 Å². The smallest absolute Gasteiger partial charge is 0.240 e. The molecule has 0 bridgehead atoms. The molecule has 102 valence electrons. The lowest BCUT2D eigenvalue weighted by atomic mass is 10.0. The molecule has 5 heteroatoms. The number of benzene rings is 1. The fourth-order valence-electron chi connectivity index (χ4n) is 1.65. The van der Waals surface area contributed by atoms with Crippen LogP contribution in [-0.2, 0) is 16.4 Å². The van der Waals surface area contributed by atoms with Crippen molar-refractivity contribution in [1.82, 2.24) is 4.72 Å². The maximum absolute atomic E-state index is 11.9. The van der Waals surface area contributed by atoms with Crippen molar-refractivity contribution in [3.63, 3.8) is 0 Å². The van der Waals surface area contributed by atoms with Crippen LogP contribution >= 0.6 is 0 Å². The summed E-state index contributed by atoms with van der Waals surface area (Å²) in [6, 6.07) is 6.38. The zero-order valence-electron chi connectivity index (χ0n) is 11.1. The van der Waals surface area contributed by atoms with Gasteiger partial charge in [0.25, 0.3) is 0 Å². The van der Waals surface area contributed by atoms with Crippen molar-refractivity contribution >= 4 is 10.0 Å². The van der Waals surface area contributed by atoms with Crippen molar-refractivity contribution in [2.45, 2.75) is 38.1 Å². The molecule has 0 aliphatic carbocycles. The van der Waals surface area contributed by atoms with E-state index in [4.69, 9.17) is 5.11 Å². The second kappa shape index (κ2) is 6.31. The van der Waals surface area contributed by atoms with Gasteiger partial charge in [0.05, 0.1) is 11.5 Å². The molecule has 2 N–H and O–H groups in total. The average Bonchev–Trinajstić information content (AvgIpc) is 2.28. The Hall–Kier alpha value is -0.910. The molecular weight excluding hydrogens is 250 g/mol. The molecule has 4 nitrogen and oxygen atoms in total. The van der Waals surface area contributed by atoms with E-state index in [2.05, 4.69) is 18.6 Å². The molecule has 0 radical (unpaired) electrons.